The van der Waals surface area contributed by atoms with Gasteiger partial charge in [-0.15, -0.1) is 0 Å². The van der Waals surface area contributed by atoms with Crippen LogP contribution in [0.25, 0.3) is 0 Å². The lowest BCUT2D eigenvalue weighted by molar-refractivity contribution is -0.120. The number of hydrazone groups is 1. The number of hydrogen-bond acceptors (Lipinski definition) is 3. The van der Waals surface area contributed by atoms with Gasteiger partial charge in [-0.3, -0.25) is 4.79 Å². The first-order chi connectivity index (χ1) is 7.26. The van der Waals surface area contributed by atoms with Crippen molar-refractivity contribution in [3.05, 3.63) is 29.8 Å². The Morgan fingerprint density at radius 1 is 1.47 bits per heavy atom. The van der Waals surface area contributed by atoms with Crippen LogP contribution in [0.15, 0.2) is 29.4 Å². The fourth-order valence-corrected chi connectivity index (χ4v) is 0.948. The molecule has 0 bridgehead atoms. The lowest BCUT2D eigenvalue weighted by Gasteiger charge is -1.98. The summed E-state index contributed by atoms with van der Waals surface area (Å²) in [5.74, 6) is 0.699. The van der Waals surface area contributed by atoms with Gasteiger partial charge < -0.3 is 4.74 Å². The van der Waals surface area contributed by atoms with E-state index in [4.69, 9.17) is 4.74 Å². The van der Waals surface area contributed by atoms with E-state index in [1.807, 2.05) is 24.3 Å². The smallest absolute Gasteiger partial charge is 0.239 e. The van der Waals surface area contributed by atoms with Crippen LogP contribution >= 0.6 is 0 Å². The molecule has 0 aliphatic rings. The minimum absolute atomic E-state index is 0.0974. The van der Waals surface area contributed by atoms with E-state index in [0.29, 0.717) is 6.42 Å². The second kappa shape index (κ2) is 5.80. The van der Waals surface area contributed by atoms with Crippen molar-refractivity contribution in [2.45, 2.75) is 13.3 Å². The Bertz CT molecular complexity index is 344. The van der Waals surface area contributed by atoms with Gasteiger partial charge >= 0.3 is 0 Å². The van der Waals surface area contributed by atoms with E-state index in [9.17, 15) is 4.79 Å². The molecule has 0 heterocycles. The molecular formula is C11H14N2O2. The summed E-state index contributed by atoms with van der Waals surface area (Å²) in [6.07, 6.45) is 2.02. The number of carbonyl (C=O) groups is 1. The van der Waals surface area contributed by atoms with E-state index in [1.165, 1.54) is 0 Å². The first-order valence-electron chi connectivity index (χ1n) is 4.72. The topological polar surface area (TPSA) is 50.7 Å². The monoisotopic (exact) mass is 206 g/mol. The highest BCUT2D eigenvalue weighted by Gasteiger charge is 1.92. The van der Waals surface area contributed by atoms with Crippen LogP contribution in [0.2, 0.25) is 0 Å². The zero-order chi connectivity index (χ0) is 11.1. The molecule has 0 saturated heterocycles. The number of nitrogens with zero attached hydrogens (tertiary/aromatic N) is 1. The van der Waals surface area contributed by atoms with Gasteiger partial charge in [-0.05, 0) is 29.8 Å². The molecule has 1 aromatic rings. The Morgan fingerprint density at radius 3 is 2.67 bits per heavy atom. The minimum atomic E-state index is -0.0974. The number of ether oxygens (including phenoxy) is 1. The van der Waals surface area contributed by atoms with Gasteiger partial charge in [0.15, 0.2) is 0 Å². The summed E-state index contributed by atoms with van der Waals surface area (Å²) in [5.41, 5.74) is 3.32. The van der Waals surface area contributed by atoms with Gasteiger partial charge in [-0.1, -0.05) is 6.92 Å². The molecule has 0 aliphatic carbocycles. The molecule has 0 spiro atoms. The van der Waals surface area contributed by atoms with Crippen molar-refractivity contribution in [1.29, 1.82) is 0 Å². The average molecular weight is 206 g/mol. The molecule has 0 unspecified atom stereocenters. The van der Waals surface area contributed by atoms with Crippen LogP contribution in [-0.2, 0) is 4.79 Å². The van der Waals surface area contributed by atoms with Crippen molar-refractivity contribution < 1.29 is 9.53 Å². The van der Waals surface area contributed by atoms with Gasteiger partial charge in [0.25, 0.3) is 0 Å². The van der Waals surface area contributed by atoms with Crippen LogP contribution in [0.1, 0.15) is 18.9 Å². The molecule has 15 heavy (non-hydrogen) atoms. The lowest BCUT2D eigenvalue weighted by Crippen LogP contribution is -2.15. The Labute approximate surface area is 88.9 Å². The third-order valence-corrected chi connectivity index (χ3v) is 1.84. The van der Waals surface area contributed by atoms with Gasteiger partial charge in [0, 0.05) is 6.42 Å². The summed E-state index contributed by atoms with van der Waals surface area (Å²) >= 11 is 0. The summed E-state index contributed by atoms with van der Waals surface area (Å²) in [7, 11) is 1.62. The third kappa shape index (κ3) is 3.81. The second-order valence-corrected chi connectivity index (χ2v) is 2.92. The highest BCUT2D eigenvalue weighted by Crippen LogP contribution is 2.09. The van der Waals surface area contributed by atoms with E-state index < -0.39 is 0 Å². The van der Waals surface area contributed by atoms with Crippen molar-refractivity contribution in [3.8, 4) is 5.75 Å². The predicted octanol–water partition coefficient (Wildman–Crippen LogP) is 1.56. The molecule has 0 radical (unpaired) electrons. The van der Waals surface area contributed by atoms with E-state index in [0.717, 1.165) is 11.3 Å². The molecule has 4 heteroatoms. The Morgan fingerprint density at radius 2 is 2.13 bits per heavy atom. The van der Waals surface area contributed by atoms with E-state index in [1.54, 1.807) is 20.2 Å². The fourth-order valence-electron chi connectivity index (χ4n) is 0.948. The van der Waals surface area contributed by atoms with Crippen molar-refractivity contribution in [1.82, 2.24) is 5.43 Å². The number of amides is 1. The SMILES string of the molecule is CCC(=O)N/N=C\c1ccc(OC)cc1. The highest BCUT2D eigenvalue weighted by molar-refractivity contribution is 5.82. The molecule has 0 saturated carbocycles. The molecule has 80 valence electrons. The zero-order valence-corrected chi connectivity index (χ0v) is 8.86. The maximum absolute atomic E-state index is 10.9. The Balaban J connectivity index is 2.53. The number of benzene rings is 1. The van der Waals surface area contributed by atoms with Crippen LogP contribution in [0, 0.1) is 0 Å². The predicted molar refractivity (Wildman–Crippen MR) is 59.0 cm³/mol. The maximum atomic E-state index is 10.9. The molecule has 1 amide bonds. The van der Waals surface area contributed by atoms with Gasteiger partial charge in [0.05, 0.1) is 13.3 Å². The average Bonchev–Trinajstić information content (AvgIpc) is 2.29. The van der Waals surface area contributed by atoms with Crippen LogP contribution < -0.4 is 10.2 Å². The largest absolute Gasteiger partial charge is 0.497 e. The molecule has 0 aliphatic heterocycles. The van der Waals surface area contributed by atoms with Crippen LogP contribution in [0.5, 0.6) is 5.75 Å². The summed E-state index contributed by atoms with van der Waals surface area (Å²) in [6, 6.07) is 7.40. The third-order valence-electron chi connectivity index (χ3n) is 1.84. The molecule has 0 atom stereocenters. The highest BCUT2D eigenvalue weighted by atomic mass is 16.5. The van der Waals surface area contributed by atoms with Crippen LogP contribution in [-0.4, -0.2) is 19.2 Å². The minimum Gasteiger partial charge on any atom is -0.497 e. The molecule has 1 N–H and O–H groups in total. The Kier molecular flexibility index (Phi) is 4.34. The van der Waals surface area contributed by atoms with Crippen LogP contribution in [0.3, 0.4) is 0 Å². The van der Waals surface area contributed by atoms with Gasteiger partial charge in [-0.25, -0.2) is 5.43 Å². The standard InChI is InChI=1S/C11H14N2O2/c1-3-11(14)13-12-8-9-4-6-10(15-2)7-5-9/h4-8H,3H2,1-2H3,(H,13,14)/b12-8-. The Hall–Kier alpha value is -1.84. The van der Waals surface area contributed by atoms with Crippen molar-refractivity contribution in [2.24, 2.45) is 5.10 Å². The van der Waals surface area contributed by atoms with Crippen molar-refractivity contribution in [2.75, 3.05) is 7.11 Å². The second-order valence-electron chi connectivity index (χ2n) is 2.92. The van der Waals surface area contributed by atoms with Crippen molar-refractivity contribution in [3.63, 3.8) is 0 Å². The summed E-state index contributed by atoms with van der Waals surface area (Å²) in [6.45, 7) is 1.78. The fraction of sp³-hybridized carbons (Fsp3) is 0.273. The lowest BCUT2D eigenvalue weighted by atomic mass is 10.2. The molecule has 1 aromatic carbocycles. The molecular weight excluding hydrogens is 192 g/mol. The summed E-state index contributed by atoms with van der Waals surface area (Å²) < 4.78 is 5.02. The van der Waals surface area contributed by atoms with E-state index in [2.05, 4.69) is 10.5 Å². The molecule has 4 nitrogen and oxygen atoms in total. The molecule has 0 fully saturated rings. The number of hydrogen-bond donors (Lipinski definition) is 1. The first kappa shape index (κ1) is 11.2. The molecule has 1 rings (SSSR count). The summed E-state index contributed by atoms with van der Waals surface area (Å²) in [4.78, 5) is 10.9. The van der Waals surface area contributed by atoms with Gasteiger partial charge in [0.1, 0.15) is 5.75 Å². The number of carbonyl (C=O) groups excluding carboxylic acids is 1. The number of methoxy groups -OCH3 is 1. The van der Waals surface area contributed by atoms with Gasteiger partial charge in [-0.2, -0.15) is 5.10 Å². The number of rotatable bonds is 4. The van der Waals surface area contributed by atoms with Gasteiger partial charge in [0.2, 0.25) is 5.91 Å². The van der Waals surface area contributed by atoms with E-state index >= 15 is 0 Å². The van der Waals surface area contributed by atoms with Crippen LogP contribution in [0.4, 0.5) is 0 Å². The van der Waals surface area contributed by atoms with E-state index in [-0.39, 0.29) is 5.91 Å². The quantitative estimate of drug-likeness (QED) is 0.600. The molecule has 0 aromatic heterocycles. The van der Waals surface area contributed by atoms with Crippen molar-refractivity contribution >= 4 is 12.1 Å². The normalized spacial score (nSPS) is 10.3. The summed E-state index contributed by atoms with van der Waals surface area (Å²) in [5, 5.41) is 3.80. The maximum Gasteiger partial charge on any atom is 0.239 e. The number of nitrogens with one attached hydrogen (secondary N) is 1. The zero-order valence-electron chi connectivity index (χ0n) is 8.86. The first-order valence-corrected chi connectivity index (χ1v) is 4.72.